The Labute approximate surface area is 244 Å². The predicted molar refractivity (Wildman–Crippen MR) is 169 cm³/mol. The van der Waals surface area contributed by atoms with E-state index < -0.39 is 0 Å². The van der Waals surface area contributed by atoms with E-state index in [4.69, 9.17) is 15.0 Å². The maximum atomic E-state index is 9.84. The molecule has 0 aliphatic carbocycles. The SMILES string of the molecule is N#Cc1ccccc1-c1nc(-c2ccccc2)nc(-c2cc(-c3ccccc3)cc(-c3cccc4ccccc34)c2)n1. The summed E-state index contributed by atoms with van der Waals surface area (Å²) < 4.78 is 0. The lowest BCUT2D eigenvalue weighted by Gasteiger charge is -2.14. The van der Waals surface area contributed by atoms with E-state index in [0.717, 1.165) is 33.4 Å². The van der Waals surface area contributed by atoms with Crippen LogP contribution in [0.5, 0.6) is 0 Å². The largest absolute Gasteiger partial charge is 0.208 e. The summed E-state index contributed by atoms with van der Waals surface area (Å²) in [6.45, 7) is 0. The molecule has 0 radical (unpaired) electrons. The van der Waals surface area contributed by atoms with Crippen LogP contribution in [-0.2, 0) is 0 Å². The average molecular weight is 537 g/mol. The third-order valence-corrected chi connectivity index (χ3v) is 7.35. The van der Waals surface area contributed by atoms with E-state index in [9.17, 15) is 5.26 Å². The molecule has 0 N–H and O–H groups in total. The van der Waals surface area contributed by atoms with Crippen molar-refractivity contribution in [2.45, 2.75) is 0 Å². The van der Waals surface area contributed by atoms with Gasteiger partial charge >= 0.3 is 0 Å². The highest BCUT2D eigenvalue weighted by atomic mass is 15.0. The molecule has 0 aliphatic rings. The Morgan fingerprint density at radius 1 is 0.405 bits per heavy atom. The highest BCUT2D eigenvalue weighted by Gasteiger charge is 2.17. The van der Waals surface area contributed by atoms with Crippen LogP contribution in [0.25, 0.3) is 67.2 Å². The number of hydrogen-bond acceptors (Lipinski definition) is 4. The number of benzene rings is 6. The fraction of sp³-hybridized carbons (Fsp3) is 0. The van der Waals surface area contributed by atoms with Crippen molar-refractivity contribution in [2.75, 3.05) is 0 Å². The van der Waals surface area contributed by atoms with Gasteiger partial charge in [-0.1, -0.05) is 115 Å². The van der Waals surface area contributed by atoms with E-state index in [0.29, 0.717) is 28.6 Å². The van der Waals surface area contributed by atoms with Gasteiger partial charge in [0.05, 0.1) is 11.6 Å². The fourth-order valence-corrected chi connectivity index (χ4v) is 5.30. The lowest BCUT2D eigenvalue weighted by molar-refractivity contribution is 1.07. The monoisotopic (exact) mass is 536 g/mol. The molecule has 0 aliphatic heterocycles. The van der Waals surface area contributed by atoms with Gasteiger partial charge in [0.25, 0.3) is 0 Å². The molecule has 0 unspecified atom stereocenters. The van der Waals surface area contributed by atoms with Gasteiger partial charge in [0.15, 0.2) is 17.5 Å². The fourth-order valence-electron chi connectivity index (χ4n) is 5.30. The molecule has 1 heterocycles. The minimum Gasteiger partial charge on any atom is -0.208 e. The Kier molecular flexibility index (Phi) is 6.52. The zero-order valence-corrected chi connectivity index (χ0v) is 22.6. The van der Waals surface area contributed by atoms with Gasteiger partial charge in [0.2, 0.25) is 0 Å². The molecular formula is C38H24N4. The minimum absolute atomic E-state index is 0.466. The number of nitriles is 1. The average Bonchev–Trinajstić information content (AvgIpc) is 3.08. The Morgan fingerprint density at radius 2 is 0.952 bits per heavy atom. The standard InChI is InChI=1S/C38H24N4/c39-25-29-17-8-10-20-35(29)38-41-36(28-15-5-2-6-16-28)40-37(42-38)32-23-30(26-12-3-1-4-13-26)22-31(24-32)34-21-11-18-27-14-7-9-19-33(27)34/h1-24H. The molecule has 0 fully saturated rings. The zero-order valence-electron chi connectivity index (χ0n) is 22.6. The van der Waals surface area contributed by atoms with Gasteiger partial charge in [-0.05, 0) is 63.4 Å². The second-order valence-electron chi connectivity index (χ2n) is 10.0. The van der Waals surface area contributed by atoms with Crippen molar-refractivity contribution in [3.05, 3.63) is 151 Å². The van der Waals surface area contributed by atoms with Crippen LogP contribution in [-0.4, -0.2) is 15.0 Å². The third-order valence-electron chi connectivity index (χ3n) is 7.35. The van der Waals surface area contributed by atoms with Gasteiger partial charge in [0.1, 0.15) is 0 Å². The molecule has 0 bridgehead atoms. The Balaban J connectivity index is 1.50. The summed E-state index contributed by atoms with van der Waals surface area (Å²) in [7, 11) is 0. The van der Waals surface area contributed by atoms with Crippen molar-refractivity contribution in [1.29, 1.82) is 5.26 Å². The highest BCUT2D eigenvalue weighted by molar-refractivity contribution is 5.98. The van der Waals surface area contributed by atoms with E-state index in [1.54, 1.807) is 6.07 Å². The molecule has 196 valence electrons. The Hall–Kier alpha value is -5.92. The van der Waals surface area contributed by atoms with Crippen molar-refractivity contribution < 1.29 is 0 Å². The minimum atomic E-state index is 0.466. The lowest BCUT2D eigenvalue weighted by Crippen LogP contribution is -2.01. The van der Waals surface area contributed by atoms with Gasteiger partial charge in [-0.15, -0.1) is 0 Å². The quantitative estimate of drug-likeness (QED) is 0.220. The van der Waals surface area contributed by atoms with Crippen LogP contribution in [0, 0.1) is 11.3 Å². The second kappa shape index (κ2) is 10.9. The van der Waals surface area contributed by atoms with Gasteiger partial charge in [-0.2, -0.15) is 5.26 Å². The van der Waals surface area contributed by atoms with Crippen LogP contribution in [0.3, 0.4) is 0 Å². The smallest absolute Gasteiger partial charge is 0.165 e. The summed E-state index contributed by atoms with van der Waals surface area (Å²) in [5.74, 6) is 1.57. The topological polar surface area (TPSA) is 62.5 Å². The molecule has 1 aromatic heterocycles. The number of rotatable bonds is 5. The van der Waals surface area contributed by atoms with Crippen LogP contribution in [0.1, 0.15) is 5.56 Å². The molecule has 0 atom stereocenters. The van der Waals surface area contributed by atoms with Crippen LogP contribution >= 0.6 is 0 Å². The normalized spacial score (nSPS) is 10.8. The Morgan fingerprint density at radius 3 is 1.74 bits per heavy atom. The van der Waals surface area contributed by atoms with E-state index in [2.05, 4.69) is 78.9 Å². The summed E-state index contributed by atoms with van der Waals surface area (Å²) in [6, 6.07) is 51.3. The van der Waals surface area contributed by atoms with Gasteiger partial charge in [-0.25, -0.2) is 15.0 Å². The summed E-state index contributed by atoms with van der Waals surface area (Å²) in [6.07, 6.45) is 0. The van der Waals surface area contributed by atoms with Gasteiger partial charge in [-0.3, -0.25) is 0 Å². The summed E-state index contributed by atoms with van der Waals surface area (Å²) >= 11 is 0. The first-order valence-electron chi connectivity index (χ1n) is 13.8. The zero-order chi connectivity index (χ0) is 28.3. The maximum absolute atomic E-state index is 9.84. The third kappa shape index (κ3) is 4.81. The summed E-state index contributed by atoms with van der Waals surface area (Å²) in [5.41, 5.74) is 7.32. The maximum Gasteiger partial charge on any atom is 0.165 e. The molecular weight excluding hydrogens is 512 g/mol. The van der Waals surface area contributed by atoms with Crippen molar-refractivity contribution in [2.24, 2.45) is 0 Å². The van der Waals surface area contributed by atoms with E-state index in [-0.39, 0.29) is 0 Å². The summed E-state index contributed by atoms with van der Waals surface area (Å²) in [4.78, 5) is 14.8. The molecule has 42 heavy (non-hydrogen) atoms. The van der Waals surface area contributed by atoms with Crippen molar-refractivity contribution in [1.82, 2.24) is 15.0 Å². The number of nitrogens with zero attached hydrogens (tertiary/aromatic N) is 4. The van der Waals surface area contributed by atoms with Gasteiger partial charge in [0, 0.05) is 16.7 Å². The molecule has 6 aromatic carbocycles. The van der Waals surface area contributed by atoms with Crippen LogP contribution in [0.2, 0.25) is 0 Å². The lowest BCUT2D eigenvalue weighted by atomic mass is 9.93. The van der Waals surface area contributed by atoms with Crippen LogP contribution < -0.4 is 0 Å². The van der Waals surface area contributed by atoms with Crippen molar-refractivity contribution in [3.8, 4) is 62.5 Å². The van der Waals surface area contributed by atoms with Crippen molar-refractivity contribution in [3.63, 3.8) is 0 Å². The molecule has 4 nitrogen and oxygen atoms in total. The molecule has 4 heteroatoms. The predicted octanol–water partition coefficient (Wildman–Crippen LogP) is 9.23. The van der Waals surface area contributed by atoms with Gasteiger partial charge < -0.3 is 0 Å². The molecule has 0 spiro atoms. The number of aromatic nitrogens is 3. The van der Waals surface area contributed by atoms with E-state index >= 15 is 0 Å². The molecule has 7 aromatic rings. The Bertz CT molecular complexity index is 2090. The number of fused-ring (bicyclic) bond motifs is 1. The van der Waals surface area contributed by atoms with E-state index in [1.807, 2.05) is 66.7 Å². The first-order valence-corrected chi connectivity index (χ1v) is 13.8. The van der Waals surface area contributed by atoms with Crippen LogP contribution in [0.4, 0.5) is 0 Å². The molecule has 0 amide bonds. The number of hydrogen-bond donors (Lipinski definition) is 0. The van der Waals surface area contributed by atoms with Crippen LogP contribution in [0.15, 0.2) is 146 Å². The molecule has 0 saturated heterocycles. The van der Waals surface area contributed by atoms with E-state index in [1.165, 1.54) is 10.8 Å². The first kappa shape index (κ1) is 25.1. The molecule has 7 rings (SSSR count). The molecule has 0 saturated carbocycles. The first-order chi connectivity index (χ1) is 20.8. The highest BCUT2D eigenvalue weighted by Crippen LogP contribution is 2.36. The second-order valence-corrected chi connectivity index (χ2v) is 10.0. The summed E-state index contributed by atoms with van der Waals surface area (Å²) in [5, 5.41) is 12.2. The van der Waals surface area contributed by atoms with Crippen molar-refractivity contribution >= 4 is 10.8 Å².